The first kappa shape index (κ1) is 21.3. The molecule has 0 spiro atoms. The Hall–Kier alpha value is -1.97. The van der Waals surface area contributed by atoms with Crippen LogP contribution in [0.2, 0.25) is 0 Å². The maximum atomic E-state index is 12.4. The molecule has 0 radical (unpaired) electrons. The van der Waals surface area contributed by atoms with Crippen LogP contribution < -0.4 is 10.0 Å². The summed E-state index contributed by atoms with van der Waals surface area (Å²) in [5, 5.41) is 2.54. The topological polar surface area (TPSA) is 111 Å². The van der Waals surface area contributed by atoms with Crippen molar-refractivity contribution in [3.05, 3.63) is 29.3 Å². The minimum atomic E-state index is -3.83. The number of amides is 1. The molecule has 0 saturated heterocycles. The number of methoxy groups -OCH3 is 1. The van der Waals surface area contributed by atoms with Crippen molar-refractivity contribution in [1.29, 1.82) is 0 Å². The molecule has 1 atom stereocenters. The van der Waals surface area contributed by atoms with Crippen LogP contribution in [0.5, 0.6) is 0 Å². The number of benzene rings is 1. The van der Waals surface area contributed by atoms with Crippen LogP contribution in [0.15, 0.2) is 23.1 Å². The van der Waals surface area contributed by atoms with Gasteiger partial charge < -0.3 is 14.8 Å². The molecule has 0 aliphatic heterocycles. The fourth-order valence-electron chi connectivity index (χ4n) is 2.83. The Kier molecular flexibility index (Phi) is 7.76. The standard InChI is InChI=1S/C18H26N2O6S/c1-13(18(22)19-9-10-25-2)26-17(21)12-20-27(23,24)16-8-7-14-5-3-4-6-15(14)11-16/h7-8,11,13,20H,3-6,9-10,12H2,1-2H3,(H,19,22)/t13-/m1/s1. The molecule has 0 fully saturated rings. The van der Waals surface area contributed by atoms with E-state index in [0.717, 1.165) is 31.2 Å². The van der Waals surface area contributed by atoms with Gasteiger partial charge in [0.25, 0.3) is 5.91 Å². The van der Waals surface area contributed by atoms with Crippen LogP contribution in [-0.2, 0) is 41.9 Å². The quantitative estimate of drug-likeness (QED) is 0.464. The summed E-state index contributed by atoms with van der Waals surface area (Å²) < 4.78 is 36.8. The highest BCUT2D eigenvalue weighted by Crippen LogP contribution is 2.23. The number of fused-ring (bicyclic) bond motifs is 1. The monoisotopic (exact) mass is 398 g/mol. The van der Waals surface area contributed by atoms with Crippen LogP contribution in [0.25, 0.3) is 0 Å². The summed E-state index contributed by atoms with van der Waals surface area (Å²) in [6, 6.07) is 5.03. The molecule has 1 amide bonds. The SMILES string of the molecule is COCCNC(=O)[C@@H](C)OC(=O)CNS(=O)(=O)c1ccc2c(c1)CCCC2. The predicted octanol–water partition coefficient (Wildman–Crippen LogP) is 0.538. The molecule has 1 aromatic carbocycles. The highest BCUT2D eigenvalue weighted by molar-refractivity contribution is 7.89. The largest absolute Gasteiger partial charge is 0.452 e. The maximum Gasteiger partial charge on any atom is 0.321 e. The third kappa shape index (κ3) is 6.30. The summed E-state index contributed by atoms with van der Waals surface area (Å²) in [4.78, 5) is 23.7. The van der Waals surface area contributed by atoms with Gasteiger partial charge in [-0.15, -0.1) is 0 Å². The van der Waals surface area contributed by atoms with Crippen molar-refractivity contribution in [2.24, 2.45) is 0 Å². The van der Waals surface area contributed by atoms with Crippen LogP contribution in [0, 0.1) is 0 Å². The molecule has 0 saturated carbocycles. The molecule has 150 valence electrons. The highest BCUT2D eigenvalue weighted by Gasteiger charge is 2.21. The molecule has 9 heteroatoms. The van der Waals surface area contributed by atoms with E-state index in [1.807, 2.05) is 6.07 Å². The Balaban J connectivity index is 1.87. The molecular weight excluding hydrogens is 372 g/mol. The fourth-order valence-corrected chi connectivity index (χ4v) is 3.85. The average Bonchev–Trinajstić information content (AvgIpc) is 2.66. The molecule has 0 heterocycles. The molecule has 2 rings (SSSR count). The lowest BCUT2D eigenvalue weighted by atomic mass is 9.92. The molecule has 2 N–H and O–H groups in total. The number of aryl methyl sites for hydroxylation is 2. The van der Waals surface area contributed by atoms with Gasteiger partial charge in [0.1, 0.15) is 6.54 Å². The van der Waals surface area contributed by atoms with Gasteiger partial charge in [-0.25, -0.2) is 8.42 Å². The first-order chi connectivity index (χ1) is 12.8. The number of rotatable bonds is 9. The van der Waals surface area contributed by atoms with E-state index in [1.165, 1.54) is 19.6 Å². The number of sulfonamides is 1. The highest BCUT2D eigenvalue weighted by atomic mass is 32.2. The third-order valence-corrected chi connectivity index (χ3v) is 5.72. The summed E-state index contributed by atoms with van der Waals surface area (Å²) in [7, 11) is -2.33. The van der Waals surface area contributed by atoms with Gasteiger partial charge in [0.15, 0.2) is 6.10 Å². The van der Waals surface area contributed by atoms with E-state index in [0.29, 0.717) is 13.2 Å². The van der Waals surface area contributed by atoms with Crippen LogP contribution in [-0.4, -0.2) is 53.2 Å². The molecule has 0 aromatic heterocycles. The van der Waals surface area contributed by atoms with E-state index >= 15 is 0 Å². The van der Waals surface area contributed by atoms with Gasteiger partial charge in [-0.3, -0.25) is 9.59 Å². The lowest BCUT2D eigenvalue weighted by molar-refractivity contribution is -0.153. The molecule has 1 aromatic rings. The molecule has 0 bridgehead atoms. The van der Waals surface area contributed by atoms with Crippen molar-refractivity contribution in [3.8, 4) is 0 Å². The zero-order chi connectivity index (χ0) is 19.9. The van der Waals surface area contributed by atoms with Crippen molar-refractivity contribution < 1.29 is 27.5 Å². The van der Waals surface area contributed by atoms with E-state index in [-0.39, 0.29) is 4.90 Å². The number of esters is 1. The second kappa shape index (κ2) is 9.82. The predicted molar refractivity (Wildman–Crippen MR) is 98.7 cm³/mol. The number of nitrogens with one attached hydrogen (secondary N) is 2. The first-order valence-corrected chi connectivity index (χ1v) is 10.4. The fraction of sp³-hybridized carbons (Fsp3) is 0.556. The second-order valence-electron chi connectivity index (χ2n) is 6.38. The number of hydrogen-bond donors (Lipinski definition) is 2. The van der Waals surface area contributed by atoms with Crippen LogP contribution in [0.3, 0.4) is 0 Å². The number of hydrogen-bond acceptors (Lipinski definition) is 6. The Morgan fingerprint density at radius 3 is 2.59 bits per heavy atom. The van der Waals surface area contributed by atoms with Gasteiger partial charge in [-0.2, -0.15) is 4.72 Å². The van der Waals surface area contributed by atoms with E-state index < -0.39 is 34.5 Å². The van der Waals surface area contributed by atoms with Gasteiger partial charge in [0.2, 0.25) is 10.0 Å². The average molecular weight is 398 g/mol. The number of ether oxygens (including phenoxy) is 2. The molecular formula is C18H26N2O6S. The molecule has 0 unspecified atom stereocenters. The minimum Gasteiger partial charge on any atom is -0.452 e. The normalized spacial score (nSPS) is 14.9. The maximum absolute atomic E-state index is 12.4. The lowest BCUT2D eigenvalue weighted by Gasteiger charge is -2.17. The Morgan fingerprint density at radius 2 is 1.89 bits per heavy atom. The van der Waals surface area contributed by atoms with Gasteiger partial charge >= 0.3 is 5.97 Å². The van der Waals surface area contributed by atoms with Gasteiger partial charge in [-0.1, -0.05) is 6.07 Å². The molecule has 27 heavy (non-hydrogen) atoms. The van der Waals surface area contributed by atoms with Crippen LogP contribution >= 0.6 is 0 Å². The first-order valence-electron chi connectivity index (χ1n) is 8.91. The third-order valence-electron chi connectivity index (χ3n) is 4.32. The lowest BCUT2D eigenvalue weighted by Crippen LogP contribution is -2.39. The van der Waals surface area contributed by atoms with Crippen molar-refractivity contribution >= 4 is 21.9 Å². The summed E-state index contributed by atoms with van der Waals surface area (Å²) >= 11 is 0. The van der Waals surface area contributed by atoms with E-state index in [2.05, 4.69) is 10.0 Å². The van der Waals surface area contributed by atoms with E-state index in [1.54, 1.807) is 12.1 Å². The molecule has 1 aliphatic carbocycles. The summed E-state index contributed by atoms with van der Waals surface area (Å²) in [5.41, 5.74) is 2.21. The summed E-state index contributed by atoms with van der Waals surface area (Å²) in [5.74, 6) is -1.30. The molecule has 8 nitrogen and oxygen atoms in total. The van der Waals surface area contributed by atoms with Gasteiger partial charge in [-0.05, 0) is 55.9 Å². The van der Waals surface area contributed by atoms with Crippen LogP contribution in [0.4, 0.5) is 0 Å². The van der Waals surface area contributed by atoms with E-state index in [9.17, 15) is 18.0 Å². The Bertz CT molecular complexity index is 778. The van der Waals surface area contributed by atoms with Crippen LogP contribution in [0.1, 0.15) is 30.9 Å². The zero-order valence-corrected chi connectivity index (χ0v) is 16.4. The number of carbonyl (C=O) groups is 2. The summed E-state index contributed by atoms with van der Waals surface area (Å²) in [6.45, 7) is 1.50. The second-order valence-corrected chi connectivity index (χ2v) is 8.15. The minimum absolute atomic E-state index is 0.126. The van der Waals surface area contributed by atoms with Gasteiger partial charge in [0, 0.05) is 13.7 Å². The number of carbonyl (C=O) groups excluding carboxylic acids is 2. The summed E-state index contributed by atoms with van der Waals surface area (Å²) in [6.07, 6.45) is 2.94. The Labute approximate surface area is 159 Å². The van der Waals surface area contributed by atoms with Crippen molar-refractivity contribution in [1.82, 2.24) is 10.0 Å². The zero-order valence-electron chi connectivity index (χ0n) is 15.6. The molecule has 1 aliphatic rings. The smallest absolute Gasteiger partial charge is 0.321 e. The van der Waals surface area contributed by atoms with Crippen molar-refractivity contribution in [2.45, 2.75) is 43.6 Å². The Morgan fingerprint density at radius 1 is 1.19 bits per heavy atom. The van der Waals surface area contributed by atoms with E-state index in [4.69, 9.17) is 9.47 Å². The van der Waals surface area contributed by atoms with Gasteiger partial charge in [0.05, 0.1) is 11.5 Å². The van der Waals surface area contributed by atoms with Crippen molar-refractivity contribution in [2.75, 3.05) is 26.8 Å². The van der Waals surface area contributed by atoms with Crippen molar-refractivity contribution in [3.63, 3.8) is 0 Å².